The largest absolute Gasteiger partial charge is 0.366 e. The molecule has 4 aromatic rings. The number of H-pyrrole nitrogens is 1. The molecule has 0 bridgehead atoms. The minimum atomic E-state index is -0.132. The first-order chi connectivity index (χ1) is 18.7. The van der Waals surface area contributed by atoms with Gasteiger partial charge in [0.2, 0.25) is 0 Å². The number of benzene rings is 1. The topological polar surface area (TPSA) is 88.2 Å². The molecule has 6 heterocycles. The number of anilines is 3. The van der Waals surface area contributed by atoms with E-state index in [-0.39, 0.29) is 6.17 Å². The summed E-state index contributed by atoms with van der Waals surface area (Å²) in [6.45, 7) is 7.45. The van der Waals surface area contributed by atoms with Crippen LogP contribution < -0.4 is 15.5 Å². The highest BCUT2D eigenvalue weighted by molar-refractivity contribution is 5.91. The van der Waals surface area contributed by atoms with Crippen molar-refractivity contribution in [3.63, 3.8) is 0 Å². The molecule has 1 atom stereocenters. The number of rotatable bonds is 5. The van der Waals surface area contributed by atoms with Crippen molar-refractivity contribution in [2.24, 2.45) is 0 Å². The summed E-state index contributed by atoms with van der Waals surface area (Å²) in [6.07, 6.45) is 11.7. The third kappa shape index (κ3) is 4.46. The van der Waals surface area contributed by atoms with Crippen LogP contribution in [0.15, 0.2) is 49.1 Å². The number of nitrogens with one attached hydrogen (secondary N) is 3. The van der Waals surface area contributed by atoms with Gasteiger partial charge in [0.1, 0.15) is 11.9 Å². The van der Waals surface area contributed by atoms with Crippen molar-refractivity contribution in [1.29, 1.82) is 0 Å². The Hall–Kier alpha value is -3.69. The van der Waals surface area contributed by atoms with Crippen molar-refractivity contribution in [2.45, 2.75) is 32.0 Å². The first kappa shape index (κ1) is 23.4. The van der Waals surface area contributed by atoms with Crippen LogP contribution in [0.4, 0.5) is 17.1 Å². The molecule has 2 fully saturated rings. The molecule has 9 heteroatoms. The summed E-state index contributed by atoms with van der Waals surface area (Å²) >= 11 is 0. The summed E-state index contributed by atoms with van der Waals surface area (Å²) < 4.78 is 0. The molecule has 3 aliphatic rings. The van der Waals surface area contributed by atoms with E-state index in [4.69, 9.17) is 5.10 Å². The van der Waals surface area contributed by atoms with Crippen LogP contribution in [-0.2, 0) is 6.54 Å². The van der Waals surface area contributed by atoms with Crippen LogP contribution >= 0.6 is 0 Å². The van der Waals surface area contributed by atoms with Gasteiger partial charge in [-0.15, -0.1) is 0 Å². The van der Waals surface area contributed by atoms with E-state index >= 15 is 0 Å². The van der Waals surface area contributed by atoms with Gasteiger partial charge in [-0.3, -0.25) is 20.0 Å². The summed E-state index contributed by atoms with van der Waals surface area (Å²) in [4.78, 5) is 16.5. The standard InChI is InChI=1S/C29H35N9/c1-36-9-11-38(12-10-36)26-18-31-17-25-28(26)33-29(32-25)27-23-14-21(5-6-24(23)34-35-27)22-13-20(15-30-16-22)19-37-7-3-2-4-8-37/h5-6,13-18,29,32-33H,2-4,7-12,19H2,1H3,(H,34,35). The molecule has 2 saturated heterocycles. The van der Waals surface area contributed by atoms with Crippen LogP contribution in [0.1, 0.15) is 36.7 Å². The van der Waals surface area contributed by atoms with Gasteiger partial charge >= 0.3 is 0 Å². The highest BCUT2D eigenvalue weighted by Gasteiger charge is 2.29. The lowest BCUT2D eigenvalue weighted by Crippen LogP contribution is -2.44. The van der Waals surface area contributed by atoms with Crippen LogP contribution in [0.25, 0.3) is 22.0 Å². The Labute approximate surface area is 223 Å². The summed E-state index contributed by atoms with van der Waals surface area (Å²) in [6, 6.07) is 8.81. The molecule has 38 heavy (non-hydrogen) atoms. The smallest absolute Gasteiger partial charge is 0.143 e. The lowest BCUT2D eigenvalue weighted by atomic mass is 10.0. The molecule has 3 aliphatic heterocycles. The first-order valence-electron chi connectivity index (χ1n) is 13.8. The number of aromatic nitrogens is 4. The Balaban J connectivity index is 1.15. The molecule has 1 aromatic carbocycles. The quantitative estimate of drug-likeness (QED) is 0.367. The van der Waals surface area contributed by atoms with Crippen LogP contribution in [0, 0.1) is 0 Å². The van der Waals surface area contributed by atoms with E-state index in [0.29, 0.717) is 0 Å². The van der Waals surface area contributed by atoms with E-state index in [9.17, 15) is 0 Å². The predicted octanol–water partition coefficient (Wildman–Crippen LogP) is 4.29. The lowest BCUT2D eigenvalue weighted by Gasteiger charge is -2.34. The van der Waals surface area contributed by atoms with Crippen LogP contribution in [0.3, 0.4) is 0 Å². The molecule has 3 N–H and O–H groups in total. The predicted molar refractivity (Wildman–Crippen MR) is 152 cm³/mol. The molecule has 7 rings (SSSR count). The van der Waals surface area contributed by atoms with Gasteiger partial charge in [0.25, 0.3) is 0 Å². The number of likely N-dealkylation sites (tertiary alicyclic amines) is 1. The molecule has 9 nitrogen and oxygen atoms in total. The number of pyridine rings is 2. The minimum absolute atomic E-state index is 0.132. The monoisotopic (exact) mass is 509 g/mol. The molecule has 3 aromatic heterocycles. The number of piperazine rings is 1. The summed E-state index contributed by atoms with van der Waals surface area (Å²) in [7, 11) is 2.18. The molecular formula is C29H35N9. The van der Waals surface area contributed by atoms with Crippen molar-refractivity contribution < 1.29 is 0 Å². The molecule has 0 amide bonds. The zero-order valence-electron chi connectivity index (χ0n) is 22.0. The molecule has 0 aliphatic carbocycles. The van der Waals surface area contributed by atoms with Crippen LogP contribution in [-0.4, -0.2) is 76.3 Å². The second-order valence-electron chi connectivity index (χ2n) is 10.9. The summed E-state index contributed by atoms with van der Waals surface area (Å²) in [5, 5.41) is 16.4. The maximum atomic E-state index is 4.73. The number of fused-ring (bicyclic) bond motifs is 2. The number of likely N-dealkylation sites (N-methyl/N-ethyl adjacent to an activating group) is 1. The SMILES string of the molecule is CN1CCN(c2cncc3c2NC(c2n[nH]c4ccc(-c5cncc(CN6CCCCC6)c5)cc24)N3)CC1. The molecule has 1 unspecified atom stereocenters. The summed E-state index contributed by atoms with van der Waals surface area (Å²) in [5.74, 6) is 0. The third-order valence-corrected chi connectivity index (χ3v) is 8.21. The molecule has 196 valence electrons. The highest BCUT2D eigenvalue weighted by Crippen LogP contribution is 2.42. The minimum Gasteiger partial charge on any atom is -0.366 e. The average Bonchev–Trinajstić information content (AvgIpc) is 3.58. The van der Waals surface area contributed by atoms with Crippen molar-refractivity contribution >= 4 is 28.0 Å². The van der Waals surface area contributed by atoms with Crippen molar-refractivity contribution in [1.82, 2.24) is 30.0 Å². The van der Waals surface area contributed by atoms with Crippen LogP contribution in [0.2, 0.25) is 0 Å². The number of hydrogen-bond donors (Lipinski definition) is 3. The molecule has 0 saturated carbocycles. The van der Waals surface area contributed by atoms with Gasteiger partial charge < -0.3 is 20.4 Å². The van der Waals surface area contributed by atoms with Gasteiger partial charge in [-0.1, -0.05) is 12.5 Å². The van der Waals surface area contributed by atoms with Gasteiger partial charge in [0.15, 0.2) is 0 Å². The van der Waals surface area contributed by atoms with E-state index < -0.39 is 0 Å². The van der Waals surface area contributed by atoms with Gasteiger partial charge in [-0.25, -0.2) is 0 Å². The van der Waals surface area contributed by atoms with Gasteiger partial charge in [0.05, 0.1) is 35.0 Å². The van der Waals surface area contributed by atoms with Gasteiger partial charge in [0, 0.05) is 56.1 Å². The number of hydrogen-bond acceptors (Lipinski definition) is 8. The maximum Gasteiger partial charge on any atom is 0.143 e. The highest BCUT2D eigenvalue weighted by atomic mass is 15.3. The number of nitrogens with zero attached hydrogens (tertiary/aromatic N) is 6. The average molecular weight is 510 g/mol. The fourth-order valence-electron chi connectivity index (χ4n) is 6.01. The Morgan fingerprint density at radius 1 is 0.842 bits per heavy atom. The first-order valence-corrected chi connectivity index (χ1v) is 13.8. The van der Waals surface area contributed by atoms with E-state index in [1.54, 1.807) is 0 Å². The van der Waals surface area contributed by atoms with E-state index in [0.717, 1.165) is 77.5 Å². The van der Waals surface area contributed by atoms with Crippen molar-refractivity contribution in [3.05, 3.63) is 60.3 Å². The Kier molecular flexibility index (Phi) is 6.09. The summed E-state index contributed by atoms with van der Waals surface area (Å²) in [5.41, 5.74) is 8.84. The van der Waals surface area contributed by atoms with Crippen molar-refractivity contribution in [2.75, 3.05) is 61.8 Å². The van der Waals surface area contributed by atoms with Crippen molar-refractivity contribution in [3.8, 4) is 11.1 Å². The zero-order valence-corrected chi connectivity index (χ0v) is 22.0. The van der Waals surface area contributed by atoms with E-state index in [1.807, 2.05) is 24.8 Å². The zero-order chi connectivity index (χ0) is 25.5. The normalized spacial score (nSPS) is 20.3. The van der Waals surface area contributed by atoms with Gasteiger partial charge in [-0.05, 0) is 62.3 Å². The molecule has 0 radical (unpaired) electrons. The number of piperidine rings is 1. The van der Waals surface area contributed by atoms with Crippen LogP contribution in [0.5, 0.6) is 0 Å². The number of aromatic amines is 1. The fraction of sp³-hybridized carbons (Fsp3) is 0.414. The van der Waals surface area contributed by atoms with E-state index in [1.165, 1.54) is 37.9 Å². The third-order valence-electron chi connectivity index (χ3n) is 8.21. The maximum absolute atomic E-state index is 4.73. The van der Waals surface area contributed by atoms with E-state index in [2.05, 4.69) is 71.7 Å². The molecular weight excluding hydrogens is 474 g/mol. The Bertz CT molecular complexity index is 1430. The Morgan fingerprint density at radius 2 is 1.68 bits per heavy atom. The second-order valence-corrected chi connectivity index (χ2v) is 10.9. The Morgan fingerprint density at radius 3 is 2.55 bits per heavy atom. The second kappa shape index (κ2) is 9.89. The lowest BCUT2D eigenvalue weighted by molar-refractivity contribution is 0.220. The fourth-order valence-corrected chi connectivity index (χ4v) is 6.01. The molecule has 0 spiro atoms. The van der Waals surface area contributed by atoms with Gasteiger partial charge in [-0.2, -0.15) is 5.10 Å².